The fourth-order valence-electron chi connectivity index (χ4n) is 2.61. The Bertz CT molecular complexity index is 850. The summed E-state index contributed by atoms with van der Waals surface area (Å²) in [6.07, 6.45) is 0.431. The van der Waals surface area contributed by atoms with Gasteiger partial charge in [-0.25, -0.2) is 4.79 Å². The Morgan fingerprint density at radius 2 is 1.44 bits per heavy atom. The van der Waals surface area contributed by atoms with E-state index in [-0.39, 0.29) is 24.8 Å². The molecule has 0 radical (unpaired) electrons. The second kappa shape index (κ2) is 9.12. The Labute approximate surface area is 159 Å². The molecule has 0 saturated heterocycles. The first-order valence-corrected chi connectivity index (χ1v) is 8.84. The molecule has 0 aromatic heterocycles. The number of rotatable bonds is 8. The van der Waals surface area contributed by atoms with Gasteiger partial charge in [0.25, 0.3) is 0 Å². The monoisotopic (exact) mass is 368 g/mol. The first kappa shape index (κ1) is 20.4. The topological polar surface area (TPSA) is 69.7 Å². The molecule has 0 fully saturated rings. The van der Waals surface area contributed by atoms with E-state index in [1.807, 2.05) is 32.9 Å². The van der Waals surface area contributed by atoms with Gasteiger partial charge in [-0.3, -0.25) is 9.59 Å². The lowest BCUT2D eigenvalue weighted by Gasteiger charge is -2.10. The number of hydrogen-bond acceptors (Lipinski definition) is 5. The molecule has 0 unspecified atom stereocenters. The van der Waals surface area contributed by atoms with Crippen LogP contribution in [0.3, 0.4) is 0 Å². The molecular formula is C22H24O5. The minimum absolute atomic E-state index is 0.0427. The molecular weight excluding hydrogens is 344 g/mol. The fourth-order valence-corrected chi connectivity index (χ4v) is 2.61. The second-order valence-corrected chi connectivity index (χ2v) is 6.43. The van der Waals surface area contributed by atoms with Gasteiger partial charge in [0.1, 0.15) is 5.75 Å². The Balaban J connectivity index is 1.85. The van der Waals surface area contributed by atoms with Gasteiger partial charge >= 0.3 is 5.97 Å². The van der Waals surface area contributed by atoms with E-state index >= 15 is 0 Å². The summed E-state index contributed by atoms with van der Waals surface area (Å²) in [6.45, 7) is 6.94. The molecule has 0 heterocycles. The van der Waals surface area contributed by atoms with Crippen molar-refractivity contribution in [2.24, 2.45) is 0 Å². The van der Waals surface area contributed by atoms with Crippen LogP contribution in [-0.4, -0.2) is 30.7 Å². The van der Waals surface area contributed by atoms with Crippen molar-refractivity contribution in [2.75, 3.05) is 13.2 Å². The molecule has 0 aliphatic heterocycles. The summed E-state index contributed by atoms with van der Waals surface area (Å²) >= 11 is 0. The van der Waals surface area contributed by atoms with Crippen LogP contribution in [0.25, 0.3) is 0 Å². The lowest BCUT2D eigenvalue weighted by atomic mass is 9.98. The minimum Gasteiger partial charge on any atom is -0.482 e. The van der Waals surface area contributed by atoms with Crippen LogP contribution in [-0.2, 0) is 9.53 Å². The molecule has 5 nitrogen and oxygen atoms in total. The molecule has 0 aliphatic carbocycles. The first-order chi connectivity index (χ1) is 12.8. The van der Waals surface area contributed by atoms with Gasteiger partial charge in [-0.2, -0.15) is 0 Å². The van der Waals surface area contributed by atoms with Crippen molar-refractivity contribution in [3.8, 4) is 5.75 Å². The quantitative estimate of drug-likeness (QED) is 0.520. The molecule has 0 spiro atoms. The lowest BCUT2D eigenvalue weighted by molar-refractivity contribution is -0.144. The Morgan fingerprint density at radius 1 is 0.815 bits per heavy atom. The zero-order valence-electron chi connectivity index (χ0n) is 16.1. The summed E-state index contributed by atoms with van der Waals surface area (Å²) in [6, 6.07) is 10.3. The van der Waals surface area contributed by atoms with Gasteiger partial charge in [0.15, 0.2) is 19.0 Å². The standard InChI is InChI=1S/C22H24O5/c1-5-20(23)17-6-8-18(9-7-17)26-13-22(25)27-12-21(24)19-11-15(3)14(2)10-16(19)4/h6-11H,5,12-13H2,1-4H3. The molecule has 0 N–H and O–H groups in total. The van der Waals surface area contributed by atoms with Crippen LogP contribution in [0.15, 0.2) is 36.4 Å². The van der Waals surface area contributed by atoms with Gasteiger partial charge in [0.2, 0.25) is 5.78 Å². The average molecular weight is 368 g/mol. The van der Waals surface area contributed by atoms with E-state index in [0.29, 0.717) is 23.3 Å². The minimum atomic E-state index is -0.626. The number of carbonyl (C=O) groups excluding carboxylic acids is 3. The van der Waals surface area contributed by atoms with Gasteiger partial charge in [-0.1, -0.05) is 13.0 Å². The number of ether oxygens (including phenoxy) is 2. The second-order valence-electron chi connectivity index (χ2n) is 6.43. The normalized spacial score (nSPS) is 10.4. The zero-order chi connectivity index (χ0) is 20.0. The molecule has 2 aromatic rings. The third kappa shape index (κ3) is 5.51. The molecule has 0 amide bonds. The van der Waals surface area contributed by atoms with Crippen LogP contribution in [0.2, 0.25) is 0 Å². The highest BCUT2D eigenvalue weighted by Gasteiger charge is 2.14. The predicted molar refractivity (Wildman–Crippen MR) is 103 cm³/mol. The highest BCUT2D eigenvalue weighted by molar-refractivity contribution is 5.99. The Morgan fingerprint density at radius 3 is 2.07 bits per heavy atom. The van der Waals surface area contributed by atoms with Crippen molar-refractivity contribution in [2.45, 2.75) is 34.1 Å². The number of hydrogen-bond donors (Lipinski definition) is 0. The summed E-state index contributed by atoms with van der Waals surface area (Å²) in [5.74, 6) is -0.373. The van der Waals surface area contributed by atoms with Crippen molar-refractivity contribution in [1.82, 2.24) is 0 Å². The Hall–Kier alpha value is -2.95. The van der Waals surface area contributed by atoms with Crippen LogP contribution in [0.4, 0.5) is 0 Å². The summed E-state index contributed by atoms with van der Waals surface area (Å²) in [4.78, 5) is 35.7. The van der Waals surface area contributed by atoms with Gasteiger partial charge in [0.05, 0.1) is 0 Å². The SMILES string of the molecule is CCC(=O)c1ccc(OCC(=O)OCC(=O)c2cc(C)c(C)cc2C)cc1. The molecule has 0 bridgehead atoms. The molecule has 2 aromatic carbocycles. The van der Waals surface area contributed by atoms with Crippen LogP contribution < -0.4 is 4.74 Å². The summed E-state index contributed by atoms with van der Waals surface area (Å²) < 4.78 is 10.4. The third-order valence-electron chi connectivity index (χ3n) is 4.36. The largest absolute Gasteiger partial charge is 0.482 e. The maximum absolute atomic E-state index is 12.3. The molecule has 27 heavy (non-hydrogen) atoms. The molecule has 2 rings (SSSR count). The van der Waals surface area contributed by atoms with Crippen molar-refractivity contribution < 1.29 is 23.9 Å². The number of aryl methyl sites for hydroxylation is 3. The highest BCUT2D eigenvalue weighted by atomic mass is 16.6. The van der Waals surface area contributed by atoms with Crippen molar-refractivity contribution in [3.05, 3.63) is 64.2 Å². The lowest BCUT2D eigenvalue weighted by Crippen LogP contribution is -2.20. The molecule has 0 aliphatic rings. The number of carbonyl (C=O) groups is 3. The number of benzene rings is 2. The van der Waals surface area contributed by atoms with Gasteiger partial charge in [-0.05, 0) is 67.8 Å². The number of esters is 1. The highest BCUT2D eigenvalue weighted by Crippen LogP contribution is 2.16. The summed E-state index contributed by atoms with van der Waals surface area (Å²) in [5, 5.41) is 0. The summed E-state index contributed by atoms with van der Waals surface area (Å²) in [7, 11) is 0. The Kier molecular flexibility index (Phi) is 6.88. The zero-order valence-corrected chi connectivity index (χ0v) is 16.1. The number of ketones is 2. The molecule has 0 saturated carbocycles. The van der Waals surface area contributed by atoms with E-state index in [0.717, 1.165) is 16.7 Å². The van der Waals surface area contributed by atoms with Crippen LogP contribution in [0.1, 0.15) is 50.8 Å². The van der Waals surface area contributed by atoms with Gasteiger partial charge in [-0.15, -0.1) is 0 Å². The fraction of sp³-hybridized carbons (Fsp3) is 0.318. The molecule has 142 valence electrons. The van der Waals surface area contributed by atoms with E-state index < -0.39 is 5.97 Å². The van der Waals surface area contributed by atoms with Crippen molar-refractivity contribution >= 4 is 17.5 Å². The van der Waals surface area contributed by atoms with Crippen molar-refractivity contribution in [1.29, 1.82) is 0 Å². The van der Waals surface area contributed by atoms with Crippen LogP contribution >= 0.6 is 0 Å². The van der Waals surface area contributed by atoms with Crippen LogP contribution in [0.5, 0.6) is 5.75 Å². The smallest absolute Gasteiger partial charge is 0.344 e. The maximum Gasteiger partial charge on any atom is 0.344 e. The van der Waals surface area contributed by atoms with Gasteiger partial charge < -0.3 is 9.47 Å². The van der Waals surface area contributed by atoms with Gasteiger partial charge in [0, 0.05) is 17.5 Å². The third-order valence-corrected chi connectivity index (χ3v) is 4.36. The van der Waals surface area contributed by atoms with Crippen molar-refractivity contribution in [3.63, 3.8) is 0 Å². The molecule has 5 heteroatoms. The van der Waals surface area contributed by atoms with E-state index in [1.54, 1.807) is 31.2 Å². The van der Waals surface area contributed by atoms with E-state index in [2.05, 4.69) is 0 Å². The van der Waals surface area contributed by atoms with E-state index in [1.165, 1.54) is 0 Å². The van der Waals surface area contributed by atoms with E-state index in [4.69, 9.17) is 9.47 Å². The first-order valence-electron chi connectivity index (χ1n) is 8.84. The maximum atomic E-state index is 12.3. The number of Topliss-reactive ketones (excluding diaryl/α,β-unsaturated/α-hetero) is 2. The average Bonchev–Trinajstić information content (AvgIpc) is 2.67. The molecule has 0 atom stereocenters. The van der Waals surface area contributed by atoms with E-state index in [9.17, 15) is 14.4 Å². The van der Waals surface area contributed by atoms with Crippen LogP contribution in [0, 0.1) is 20.8 Å². The summed E-state index contributed by atoms with van der Waals surface area (Å²) in [5.41, 5.74) is 4.15. The predicted octanol–water partition coefficient (Wildman–Crippen LogP) is 4.01.